The highest BCUT2D eigenvalue weighted by Gasteiger charge is 2.15. The highest BCUT2D eigenvalue weighted by molar-refractivity contribution is 5.95. The molecule has 4 rings (SSSR count). The van der Waals surface area contributed by atoms with Gasteiger partial charge < -0.3 is 10.6 Å². The molecule has 2 N–H and O–H groups in total. The van der Waals surface area contributed by atoms with Crippen molar-refractivity contribution in [1.82, 2.24) is 30.0 Å². The molecule has 0 aliphatic carbocycles. The number of rotatable bonds is 6. The second kappa shape index (κ2) is 8.16. The molecule has 0 saturated heterocycles. The second-order valence-corrected chi connectivity index (χ2v) is 6.95. The number of hydrogen-bond acceptors (Lipinski definition) is 6. The lowest BCUT2D eigenvalue weighted by atomic mass is 10.2. The van der Waals surface area contributed by atoms with Crippen LogP contribution in [0.4, 0.5) is 11.4 Å². The standard InChI is InChI=1S/C21H22N8O/c1-14-9-10-18(28-13-23-26-27-28)11-19(14)22-12-20(30)24-21-15(2)25-29(16(21)3)17-7-5-4-6-8-17/h4-11,13,22H,12H2,1-3H3,(H,24,30). The highest BCUT2D eigenvalue weighted by atomic mass is 16.1. The van der Waals surface area contributed by atoms with Gasteiger partial charge in [0.2, 0.25) is 5.91 Å². The number of aryl methyl sites for hydroxylation is 2. The lowest BCUT2D eigenvalue weighted by Gasteiger charge is -2.12. The molecule has 0 fully saturated rings. The third kappa shape index (κ3) is 3.90. The first-order chi connectivity index (χ1) is 14.5. The number of para-hydroxylation sites is 1. The van der Waals surface area contributed by atoms with Gasteiger partial charge in [-0.2, -0.15) is 5.10 Å². The fraction of sp³-hybridized carbons (Fsp3) is 0.190. The number of tetrazole rings is 1. The van der Waals surface area contributed by atoms with E-state index in [4.69, 9.17) is 0 Å². The molecule has 30 heavy (non-hydrogen) atoms. The fourth-order valence-corrected chi connectivity index (χ4v) is 3.23. The van der Waals surface area contributed by atoms with Crippen molar-refractivity contribution in [2.24, 2.45) is 0 Å². The molecule has 152 valence electrons. The number of aromatic nitrogens is 6. The van der Waals surface area contributed by atoms with Gasteiger partial charge in [-0.1, -0.05) is 24.3 Å². The van der Waals surface area contributed by atoms with Crippen molar-refractivity contribution in [1.29, 1.82) is 0 Å². The van der Waals surface area contributed by atoms with Crippen LogP contribution in [-0.2, 0) is 4.79 Å². The number of nitrogens with one attached hydrogen (secondary N) is 2. The molecule has 0 aliphatic heterocycles. The summed E-state index contributed by atoms with van der Waals surface area (Å²) in [7, 11) is 0. The fourth-order valence-electron chi connectivity index (χ4n) is 3.23. The molecule has 2 aromatic carbocycles. The molecule has 9 heteroatoms. The van der Waals surface area contributed by atoms with Gasteiger partial charge in [0.1, 0.15) is 6.33 Å². The van der Waals surface area contributed by atoms with E-state index in [-0.39, 0.29) is 12.5 Å². The van der Waals surface area contributed by atoms with Gasteiger partial charge in [-0.25, -0.2) is 9.36 Å². The Morgan fingerprint density at radius 3 is 2.57 bits per heavy atom. The number of nitrogens with zero attached hydrogens (tertiary/aromatic N) is 6. The number of amides is 1. The quantitative estimate of drug-likeness (QED) is 0.514. The summed E-state index contributed by atoms with van der Waals surface area (Å²) in [5.74, 6) is -0.152. The Morgan fingerprint density at radius 1 is 1.03 bits per heavy atom. The van der Waals surface area contributed by atoms with Gasteiger partial charge in [-0.3, -0.25) is 4.79 Å². The second-order valence-electron chi connectivity index (χ2n) is 6.95. The summed E-state index contributed by atoms with van der Waals surface area (Å²) in [4.78, 5) is 12.6. The van der Waals surface area contributed by atoms with Crippen molar-refractivity contribution < 1.29 is 4.79 Å². The SMILES string of the molecule is Cc1ccc(-n2cnnn2)cc1NCC(=O)Nc1c(C)nn(-c2ccccc2)c1C. The maximum atomic E-state index is 12.6. The van der Waals surface area contributed by atoms with Crippen LogP contribution in [0, 0.1) is 20.8 Å². The lowest BCUT2D eigenvalue weighted by Crippen LogP contribution is -2.22. The topological polar surface area (TPSA) is 103 Å². The van der Waals surface area contributed by atoms with Crippen molar-refractivity contribution in [3.05, 3.63) is 71.8 Å². The molecule has 9 nitrogen and oxygen atoms in total. The molecular formula is C21H22N8O. The number of anilines is 2. The number of benzene rings is 2. The van der Waals surface area contributed by atoms with Crippen molar-refractivity contribution in [2.75, 3.05) is 17.2 Å². The van der Waals surface area contributed by atoms with E-state index in [1.165, 1.54) is 6.33 Å². The van der Waals surface area contributed by atoms with Crippen LogP contribution in [0.3, 0.4) is 0 Å². The largest absolute Gasteiger partial charge is 0.376 e. The van der Waals surface area contributed by atoms with E-state index in [2.05, 4.69) is 31.3 Å². The zero-order valence-corrected chi connectivity index (χ0v) is 17.0. The summed E-state index contributed by atoms with van der Waals surface area (Å²) in [6, 6.07) is 15.6. The Kier molecular flexibility index (Phi) is 5.25. The predicted molar refractivity (Wildman–Crippen MR) is 114 cm³/mol. The summed E-state index contributed by atoms with van der Waals surface area (Å²) in [5.41, 5.74) is 5.99. The minimum atomic E-state index is -0.152. The molecule has 2 aromatic heterocycles. The van der Waals surface area contributed by atoms with Gasteiger partial charge in [0.25, 0.3) is 0 Å². The third-order valence-corrected chi connectivity index (χ3v) is 4.83. The smallest absolute Gasteiger partial charge is 0.243 e. The molecule has 0 radical (unpaired) electrons. The summed E-state index contributed by atoms with van der Waals surface area (Å²) >= 11 is 0. The van der Waals surface area contributed by atoms with Crippen LogP contribution >= 0.6 is 0 Å². The maximum Gasteiger partial charge on any atom is 0.243 e. The zero-order chi connectivity index (χ0) is 21.1. The maximum absolute atomic E-state index is 12.6. The molecule has 1 amide bonds. The number of hydrogen-bond donors (Lipinski definition) is 2. The summed E-state index contributed by atoms with van der Waals surface area (Å²) in [6.45, 7) is 5.92. The number of carbonyl (C=O) groups excluding carboxylic acids is 1. The molecule has 4 aromatic rings. The van der Waals surface area contributed by atoms with Crippen molar-refractivity contribution in [2.45, 2.75) is 20.8 Å². The molecule has 2 heterocycles. The van der Waals surface area contributed by atoms with E-state index >= 15 is 0 Å². The molecule has 0 aliphatic rings. The number of carbonyl (C=O) groups is 1. The molecular weight excluding hydrogens is 380 g/mol. The van der Waals surface area contributed by atoms with Crippen molar-refractivity contribution in [3.8, 4) is 11.4 Å². The Morgan fingerprint density at radius 2 is 1.83 bits per heavy atom. The predicted octanol–water partition coefficient (Wildman–Crippen LogP) is 2.82. The van der Waals surface area contributed by atoms with E-state index in [0.29, 0.717) is 0 Å². The average molecular weight is 402 g/mol. The lowest BCUT2D eigenvalue weighted by molar-refractivity contribution is -0.114. The molecule has 0 unspecified atom stereocenters. The van der Waals surface area contributed by atoms with Crippen LogP contribution in [0.1, 0.15) is 17.0 Å². The summed E-state index contributed by atoms with van der Waals surface area (Å²) < 4.78 is 3.40. The molecule has 0 atom stereocenters. The first kappa shape index (κ1) is 19.3. The Bertz CT molecular complexity index is 1170. The van der Waals surface area contributed by atoms with E-state index in [1.807, 2.05) is 74.0 Å². The summed E-state index contributed by atoms with van der Waals surface area (Å²) in [5, 5.41) is 21.9. The Labute approximate surface area is 173 Å². The van der Waals surface area contributed by atoms with E-state index in [0.717, 1.165) is 39.7 Å². The van der Waals surface area contributed by atoms with Crippen LogP contribution in [0.5, 0.6) is 0 Å². The highest BCUT2D eigenvalue weighted by Crippen LogP contribution is 2.23. The van der Waals surface area contributed by atoms with Crippen molar-refractivity contribution >= 4 is 17.3 Å². The normalized spacial score (nSPS) is 10.8. The first-order valence-electron chi connectivity index (χ1n) is 9.52. The van der Waals surface area contributed by atoms with Gasteiger partial charge in [0, 0.05) is 5.69 Å². The van der Waals surface area contributed by atoms with Crippen LogP contribution in [0.2, 0.25) is 0 Å². The molecule has 0 bridgehead atoms. The van der Waals surface area contributed by atoms with E-state index < -0.39 is 0 Å². The van der Waals surface area contributed by atoms with Gasteiger partial charge >= 0.3 is 0 Å². The van der Waals surface area contributed by atoms with Gasteiger partial charge in [-0.15, -0.1) is 5.10 Å². The van der Waals surface area contributed by atoms with E-state index in [1.54, 1.807) is 4.68 Å². The monoisotopic (exact) mass is 402 g/mol. The zero-order valence-electron chi connectivity index (χ0n) is 17.0. The van der Waals surface area contributed by atoms with Crippen LogP contribution < -0.4 is 10.6 Å². The van der Waals surface area contributed by atoms with Gasteiger partial charge in [-0.05, 0) is 61.0 Å². The first-order valence-corrected chi connectivity index (χ1v) is 9.52. The van der Waals surface area contributed by atoms with Crippen LogP contribution in [0.15, 0.2) is 54.9 Å². The molecule has 0 saturated carbocycles. The van der Waals surface area contributed by atoms with Crippen LogP contribution in [-0.4, -0.2) is 42.4 Å². The third-order valence-electron chi connectivity index (χ3n) is 4.83. The Balaban J connectivity index is 1.46. The minimum Gasteiger partial charge on any atom is -0.376 e. The van der Waals surface area contributed by atoms with Crippen LogP contribution in [0.25, 0.3) is 11.4 Å². The van der Waals surface area contributed by atoms with Gasteiger partial charge in [0.15, 0.2) is 0 Å². The molecule has 0 spiro atoms. The van der Waals surface area contributed by atoms with Crippen molar-refractivity contribution in [3.63, 3.8) is 0 Å². The average Bonchev–Trinajstić information content (AvgIpc) is 3.38. The summed E-state index contributed by atoms with van der Waals surface area (Å²) in [6.07, 6.45) is 1.52. The minimum absolute atomic E-state index is 0.120. The van der Waals surface area contributed by atoms with E-state index in [9.17, 15) is 4.79 Å². The van der Waals surface area contributed by atoms with Gasteiger partial charge in [0.05, 0.1) is 35.0 Å². The Hall–Kier alpha value is -4.01.